The van der Waals surface area contributed by atoms with Crippen molar-refractivity contribution in [3.63, 3.8) is 0 Å². The number of nitrogens with zero attached hydrogens (tertiary/aromatic N) is 4. The van der Waals surface area contributed by atoms with Gasteiger partial charge in [-0.3, -0.25) is 9.59 Å². The summed E-state index contributed by atoms with van der Waals surface area (Å²) in [6.07, 6.45) is 4.20. The fourth-order valence-corrected chi connectivity index (χ4v) is 4.31. The Hall–Kier alpha value is -3.52. The third-order valence-electron chi connectivity index (χ3n) is 6.37. The summed E-state index contributed by atoms with van der Waals surface area (Å²) in [5, 5.41) is 11.5. The van der Waals surface area contributed by atoms with Gasteiger partial charge in [-0.1, -0.05) is 62.6 Å². The summed E-state index contributed by atoms with van der Waals surface area (Å²) >= 11 is 0. The summed E-state index contributed by atoms with van der Waals surface area (Å²) in [6, 6.07) is 7.83. The summed E-state index contributed by atoms with van der Waals surface area (Å²) in [6.45, 7) is 17.7. The van der Waals surface area contributed by atoms with Crippen LogP contribution in [0.15, 0.2) is 55.3 Å². The van der Waals surface area contributed by atoms with E-state index in [1.54, 1.807) is 21.7 Å². The third-order valence-corrected chi connectivity index (χ3v) is 6.37. The second-order valence-corrected chi connectivity index (χ2v) is 10.3. The first-order valence-electron chi connectivity index (χ1n) is 12.8. The minimum absolute atomic E-state index is 0.0689. The molecule has 0 aliphatic carbocycles. The summed E-state index contributed by atoms with van der Waals surface area (Å²) in [5.74, 6) is 0.122. The first-order chi connectivity index (χ1) is 17.6. The molecule has 8 heteroatoms. The van der Waals surface area contributed by atoms with Gasteiger partial charge in [0.05, 0.1) is 23.5 Å². The van der Waals surface area contributed by atoms with Gasteiger partial charge in [0.1, 0.15) is 5.69 Å². The number of benzene rings is 1. The van der Waals surface area contributed by atoms with E-state index in [2.05, 4.69) is 42.6 Å². The number of allylic oxidation sites excluding steroid dienone is 3. The van der Waals surface area contributed by atoms with Gasteiger partial charge in [-0.05, 0) is 37.8 Å². The van der Waals surface area contributed by atoms with Crippen molar-refractivity contribution in [2.45, 2.75) is 59.1 Å². The molecular weight excluding hydrogens is 466 g/mol. The van der Waals surface area contributed by atoms with Gasteiger partial charge in [0, 0.05) is 44.2 Å². The van der Waals surface area contributed by atoms with E-state index in [1.807, 2.05) is 45.2 Å². The van der Waals surface area contributed by atoms with E-state index in [1.165, 1.54) is 0 Å². The average Bonchev–Trinajstić information content (AvgIpc) is 3.22. The molecule has 198 valence electrons. The topological polar surface area (TPSA) is 89.3 Å². The van der Waals surface area contributed by atoms with E-state index >= 15 is 0 Å². The highest BCUT2D eigenvalue weighted by atomic mass is 16.5. The molecule has 2 aromatic rings. The number of hydrogen-bond acceptors (Lipinski definition) is 5. The molecule has 0 spiro atoms. The van der Waals surface area contributed by atoms with Crippen LogP contribution in [0.3, 0.4) is 0 Å². The predicted octanol–water partition coefficient (Wildman–Crippen LogP) is 4.65. The van der Waals surface area contributed by atoms with E-state index in [9.17, 15) is 9.59 Å². The molecule has 2 heterocycles. The van der Waals surface area contributed by atoms with Crippen molar-refractivity contribution >= 4 is 17.4 Å². The highest BCUT2D eigenvalue weighted by Gasteiger charge is 2.28. The molecule has 0 saturated heterocycles. The van der Waals surface area contributed by atoms with Crippen LogP contribution in [-0.2, 0) is 27.9 Å². The van der Waals surface area contributed by atoms with E-state index in [0.29, 0.717) is 43.3 Å². The molecule has 1 aliphatic heterocycles. The molecule has 1 aromatic heterocycles. The van der Waals surface area contributed by atoms with E-state index in [0.717, 1.165) is 22.5 Å². The molecule has 0 saturated carbocycles. The number of aryl methyl sites for hydroxylation is 1. The Bertz CT molecular complexity index is 1190. The molecule has 0 bridgehead atoms. The van der Waals surface area contributed by atoms with Gasteiger partial charge >= 0.3 is 0 Å². The van der Waals surface area contributed by atoms with Crippen LogP contribution < -0.4 is 5.32 Å². The minimum Gasteiger partial charge on any atom is -0.375 e. The molecule has 1 N–H and O–H groups in total. The highest BCUT2D eigenvalue weighted by molar-refractivity contribution is 5.91. The smallest absolute Gasteiger partial charge is 0.227 e. The zero-order valence-corrected chi connectivity index (χ0v) is 22.7. The number of carbonyl (C=O) groups excluding carboxylic acids is 2. The number of fused-ring (bicyclic) bond motifs is 3. The molecule has 2 amide bonds. The fraction of sp³-hybridized carbons (Fsp3) is 0.448. The van der Waals surface area contributed by atoms with E-state index in [4.69, 9.17) is 4.74 Å². The lowest BCUT2D eigenvalue weighted by Crippen LogP contribution is -2.35. The molecule has 0 fully saturated rings. The van der Waals surface area contributed by atoms with Crippen LogP contribution in [-0.4, -0.2) is 50.5 Å². The maximum Gasteiger partial charge on any atom is 0.227 e. The molecule has 0 unspecified atom stereocenters. The van der Waals surface area contributed by atoms with Crippen molar-refractivity contribution in [3.8, 4) is 11.3 Å². The quantitative estimate of drug-likeness (QED) is 0.480. The van der Waals surface area contributed by atoms with Crippen molar-refractivity contribution in [2.24, 2.45) is 13.0 Å². The zero-order valence-electron chi connectivity index (χ0n) is 22.7. The van der Waals surface area contributed by atoms with Gasteiger partial charge < -0.3 is 15.0 Å². The molecule has 0 radical (unpaired) electrons. The number of carbonyl (C=O) groups is 2. The average molecular weight is 506 g/mol. The lowest BCUT2D eigenvalue weighted by atomic mass is 9.95. The zero-order chi connectivity index (χ0) is 27.2. The third kappa shape index (κ3) is 6.83. The van der Waals surface area contributed by atoms with Gasteiger partial charge in [0.15, 0.2) is 0 Å². The highest BCUT2D eigenvalue weighted by Crippen LogP contribution is 2.36. The molecule has 1 aromatic carbocycles. The normalized spacial score (nSPS) is 15.5. The second kappa shape index (κ2) is 12.1. The molecule has 8 nitrogen and oxygen atoms in total. The number of nitrogens with one attached hydrogen (secondary N) is 1. The van der Waals surface area contributed by atoms with Gasteiger partial charge in [-0.15, -0.1) is 5.10 Å². The molecule has 37 heavy (non-hydrogen) atoms. The summed E-state index contributed by atoms with van der Waals surface area (Å²) < 4.78 is 7.61. The van der Waals surface area contributed by atoms with Crippen molar-refractivity contribution < 1.29 is 14.3 Å². The number of ether oxygens (including phenoxy) is 1. The van der Waals surface area contributed by atoms with Crippen LogP contribution in [0.2, 0.25) is 0 Å². The Kier molecular flexibility index (Phi) is 9.21. The molecule has 3 rings (SSSR count). The van der Waals surface area contributed by atoms with Gasteiger partial charge in [0.25, 0.3) is 0 Å². The van der Waals surface area contributed by atoms with Gasteiger partial charge in [-0.25, -0.2) is 4.68 Å². The van der Waals surface area contributed by atoms with Crippen molar-refractivity contribution in [3.05, 3.63) is 66.5 Å². The molecule has 1 aliphatic rings. The maximum atomic E-state index is 13.5. The Morgan fingerprint density at radius 1 is 1.19 bits per heavy atom. The van der Waals surface area contributed by atoms with Crippen molar-refractivity contribution in [1.82, 2.24) is 25.2 Å². The lowest BCUT2D eigenvalue weighted by molar-refractivity contribution is -0.132. The van der Waals surface area contributed by atoms with Gasteiger partial charge in [-0.2, -0.15) is 0 Å². The Balaban J connectivity index is 1.74. The monoisotopic (exact) mass is 505 g/mol. The number of hydrogen-bond donors (Lipinski definition) is 1. The number of amides is 2. The summed E-state index contributed by atoms with van der Waals surface area (Å²) in [7, 11) is 1.81. The molecule has 0 atom stereocenters. The SMILES string of the molecule is C=C/C1=C(\C=C)N(C(=O)CCC(=O)NCCC(C)(C)OCC(C)C)Cc2ccccc2-c2nnn(C)c21. The number of aromatic nitrogens is 3. The van der Waals surface area contributed by atoms with Crippen molar-refractivity contribution in [1.29, 1.82) is 0 Å². The minimum atomic E-state index is -0.324. The summed E-state index contributed by atoms with van der Waals surface area (Å²) in [5.41, 5.74) is 4.35. The standard InChI is InChI=1S/C29H39N5O3/c1-8-22-24(9-2)34(18-21-12-10-11-13-23(21)27-28(22)33(7)32-31-27)26(36)15-14-25(35)30-17-16-29(5,6)37-19-20(3)4/h8-13,20H,1-2,14-19H2,3-7H3,(H,30,35)/b24-22-. The maximum absolute atomic E-state index is 13.5. The number of rotatable bonds is 11. The Morgan fingerprint density at radius 2 is 1.92 bits per heavy atom. The first-order valence-corrected chi connectivity index (χ1v) is 12.8. The Morgan fingerprint density at radius 3 is 2.59 bits per heavy atom. The predicted molar refractivity (Wildman–Crippen MR) is 146 cm³/mol. The van der Waals surface area contributed by atoms with Crippen LogP contribution in [0.25, 0.3) is 16.8 Å². The van der Waals surface area contributed by atoms with Crippen LogP contribution in [0.4, 0.5) is 0 Å². The fourth-order valence-electron chi connectivity index (χ4n) is 4.31. The van der Waals surface area contributed by atoms with Crippen LogP contribution >= 0.6 is 0 Å². The van der Waals surface area contributed by atoms with Crippen LogP contribution in [0.5, 0.6) is 0 Å². The molecular formula is C29H39N5O3. The first kappa shape index (κ1) is 28.1. The second-order valence-electron chi connectivity index (χ2n) is 10.3. The van der Waals surface area contributed by atoms with E-state index < -0.39 is 0 Å². The summed E-state index contributed by atoms with van der Waals surface area (Å²) in [4.78, 5) is 27.7. The van der Waals surface area contributed by atoms with Gasteiger partial charge in [0.2, 0.25) is 11.8 Å². The van der Waals surface area contributed by atoms with Crippen LogP contribution in [0, 0.1) is 5.92 Å². The lowest BCUT2D eigenvalue weighted by Gasteiger charge is -2.29. The van der Waals surface area contributed by atoms with E-state index in [-0.39, 0.29) is 30.3 Å². The largest absolute Gasteiger partial charge is 0.375 e. The Labute approximate surface area is 220 Å². The van der Waals surface area contributed by atoms with Crippen LogP contribution in [0.1, 0.15) is 58.2 Å². The van der Waals surface area contributed by atoms with Crippen molar-refractivity contribution in [2.75, 3.05) is 13.2 Å².